The predicted molar refractivity (Wildman–Crippen MR) is 147 cm³/mol. The van der Waals surface area contributed by atoms with Crippen molar-refractivity contribution in [3.63, 3.8) is 0 Å². The monoisotopic (exact) mass is 497 g/mol. The Morgan fingerprint density at radius 2 is 1.74 bits per heavy atom. The summed E-state index contributed by atoms with van der Waals surface area (Å²) in [5.41, 5.74) is 3.67. The third kappa shape index (κ3) is 3.73. The van der Waals surface area contributed by atoms with Gasteiger partial charge in [-0.3, -0.25) is 0 Å². The number of benzene rings is 1. The zero-order valence-electron chi connectivity index (χ0n) is 23.0. The highest BCUT2D eigenvalue weighted by Gasteiger charge is 2.69. The summed E-state index contributed by atoms with van der Waals surface area (Å²) < 4.78 is 23.0. The Balaban J connectivity index is 1.54. The van der Waals surface area contributed by atoms with E-state index >= 15 is 0 Å². The molecule has 6 rings (SSSR count). The van der Waals surface area contributed by atoms with Gasteiger partial charge in [0.25, 0.3) is 0 Å². The first kappa shape index (κ1) is 24.8. The maximum absolute atomic E-state index is 7.11. The molecule has 7 heteroatoms. The average Bonchev–Trinajstić information content (AvgIpc) is 3.26. The first-order valence-corrected chi connectivity index (χ1v) is 20.1. The van der Waals surface area contributed by atoms with E-state index in [0.29, 0.717) is 11.3 Å². The number of rotatable bonds is 6. The van der Waals surface area contributed by atoms with E-state index in [0.717, 1.165) is 24.3 Å². The van der Waals surface area contributed by atoms with E-state index in [1.165, 1.54) is 22.9 Å². The second kappa shape index (κ2) is 7.82. The molecule has 2 bridgehead atoms. The van der Waals surface area contributed by atoms with Crippen molar-refractivity contribution in [3.8, 4) is 0 Å². The van der Waals surface area contributed by atoms with Gasteiger partial charge in [-0.05, 0) is 61.5 Å². The van der Waals surface area contributed by atoms with Crippen molar-refractivity contribution >= 4 is 34.6 Å². The normalized spacial score (nSPS) is 31.6. The minimum Gasteiger partial charge on any atom is -0.464 e. The van der Waals surface area contributed by atoms with Crippen molar-refractivity contribution in [3.05, 3.63) is 35.6 Å². The summed E-state index contributed by atoms with van der Waals surface area (Å²) in [7, 11) is -3.53. The zero-order chi connectivity index (χ0) is 24.8. The smallest absolute Gasteiger partial charge is 0.464 e. The topological polar surface area (TPSA) is 34.8 Å². The summed E-state index contributed by atoms with van der Waals surface area (Å²) in [6.07, 6.45) is 5.52. The van der Waals surface area contributed by atoms with Gasteiger partial charge in [0.05, 0.1) is 18.0 Å². The lowest BCUT2D eigenvalue weighted by Gasteiger charge is -2.64. The fraction of sp³-hybridized carbons (Fsp3) is 0.704. The van der Waals surface area contributed by atoms with Crippen LogP contribution in [0.15, 0.2) is 28.9 Å². The van der Waals surface area contributed by atoms with E-state index in [9.17, 15) is 0 Å². The fourth-order valence-electron chi connectivity index (χ4n) is 8.01. The van der Waals surface area contributed by atoms with Gasteiger partial charge in [0.2, 0.25) is 0 Å². The van der Waals surface area contributed by atoms with E-state index < -0.39 is 16.5 Å². The van der Waals surface area contributed by atoms with Crippen molar-refractivity contribution in [1.29, 1.82) is 0 Å². The molecule has 34 heavy (non-hydrogen) atoms. The van der Waals surface area contributed by atoms with Crippen molar-refractivity contribution in [2.75, 3.05) is 0 Å². The quantitative estimate of drug-likeness (QED) is 0.407. The number of nitrogens with zero attached hydrogens (tertiary/aromatic N) is 1. The van der Waals surface area contributed by atoms with Gasteiger partial charge < -0.3 is 18.0 Å². The molecule has 0 spiro atoms. The van der Waals surface area contributed by atoms with Gasteiger partial charge in [0, 0.05) is 11.3 Å². The number of aryl methyl sites for hydroxylation is 1. The Morgan fingerprint density at radius 1 is 1.06 bits per heavy atom. The Bertz CT molecular complexity index is 1070. The lowest BCUT2D eigenvalue weighted by molar-refractivity contribution is -0.199. The summed E-state index contributed by atoms with van der Waals surface area (Å²) in [6.45, 7) is 24.3. The lowest BCUT2D eigenvalue weighted by atomic mass is 9.43. The van der Waals surface area contributed by atoms with Crippen molar-refractivity contribution in [2.45, 2.75) is 104 Å². The number of hydrogen-bond acceptors (Lipinski definition) is 4. The average molecular weight is 498 g/mol. The van der Waals surface area contributed by atoms with Crippen LogP contribution in [0.25, 0.3) is 11.0 Å². The molecule has 4 aliphatic rings. The second-order valence-corrected chi connectivity index (χ2v) is 24.1. The Morgan fingerprint density at radius 3 is 2.35 bits per heavy atom. The molecule has 1 aromatic carbocycles. The highest BCUT2D eigenvalue weighted by atomic mass is 28.4. The maximum Gasteiger partial charge on any atom is 0.475 e. The molecule has 3 saturated carbocycles. The van der Waals surface area contributed by atoms with Crippen LogP contribution in [0, 0.1) is 24.2 Å². The van der Waals surface area contributed by atoms with Crippen LogP contribution in [0.3, 0.4) is 0 Å². The second-order valence-electron chi connectivity index (χ2n) is 14.0. The summed E-state index contributed by atoms with van der Waals surface area (Å²) in [5, 5.41) is 1.24. The van der Waals surface area contributed by atoms with Crippen LogP contribution in [0.5, 0.6) is 0 Å². The molecule has 3 aliphatic carbocycles. The van der Waals surface area contributed by atoms with Gasteiger partial charge >= 0.3 is 7.12 Å². The summed E-state index contributed by atoms with van der Waals surface area (Å²) in [4.78, 5) is 0. The molecule has 1 aliphatic heterocycles. The minimum atomic E-state index is -1.67. The maximum atomic E-state index is 7.11. The standard InChI is InChI=1S/C27H44BNO3Si2/c1-18-12-11-13-21-19(17-30-25(18)21)14-24(29(33(5,6)7)34(8,9)10)28-31-23-16-20-15-22(26(20,2)3)27(23,4)32-28/h11-13,17,20,22-24H,14-16H2,1-10H3/t20-,22-,23+,24?,27-/m0/s1. The first-order valence-electron chi connectivity index (χ1n) is 13.2. The molecular weight excluding hydrogens is 453 g/mol. The number of fused-ring (bicyclic) bond motifs is 1. The third-order valence-electron chi connectivity index (χ3n) is 9.37. The van der Waals surface area contributed by atoms with Crippen molar-refractivity contribution in [2.24, 2.45) is 17.3 Å². The molecule has 186 valence electrons. The van der Waals surface area contributed by atoms with Gasteiger partial charge in [-0.25, -0.2) is 0 Å². The van der Waals surface area contributed by atoms with Gasteiger partial charge in [0.1, 0.15) is 22.1 Å². The molecule has 4 fully saturated rings. The molecule has 5 atom stereocenters. The highest BCUT2D eigenvalue weighted by Crippen LogP contribution is 2.66. The molecule has 2 aromatic rings. The fourth-order valence-corrected chi connectivity index (χ4v) is 18.5. The predicted octanol–water partition coefficient (Wildman–Crippen LogP) is 6.89. The summed E-state index contributed by atoms with van der Waals surface area (Å²) in [5.74, 6) is 1.55. The molecule has 2 heterocycles. The Kier molecular flexibility index (Phi) is 5.71. The minimum absolute atomic E-state index is 0.180. The van der Waals surface area contributed by atoms with Crippen LogP contribution in [0.4, 0.5) is 0 Å². The molecule has 4 nitrogen and oxygen atoms in total. The third-order valence-corrected chi connectivity index (χ3v) is 16.9. The van der Waals surface area contributed by atoms with Gasteiger partial charge in [-0.15, -0.1) is 0 Å². The van der Waals surface area contributed by atoms with Crippen molar-refractivity contribution in [1.82, 2.24) is 4.23 Å². The van der Waals surface area contributed by atoms with Crippen LogP contribution < -0.4 is 0 Å². The summed E-state index contributed by atoms with van der Waals surface area (Å²) >= 11 is 0. The van der Waals surface area contributed by atoms with E-state index in [-0.39, 0.29) is 24.8 Å². The molecular formula is C27H44BNO3Si2. The van der Waals surface area contributed by atoms with Crippen LogP contribution in [-0.4, -0.2) is 45.5 Å². The van der Waals surface area contributed by atoms with E-state index in [1.807, 2.05) is 6.26 Å². The molecule has 0 N–H and O–H groups in total. The van der Waals surface area contributed by atoms with Gasteiger partial charge in [-0.1, -0.05) is 71.3 Å². The molecule has 0 amide bonds. The van der Waals surface area contributed by atoms with E-state index in [4.69, 9.17) is 13.7 Å². The Labute approximate surface area is 209 Å². The Hall–Kier alpha value is -0.861. The van der Waals surface area contributed by atoms with Crippen LogP contribution in [0.2, 0.25) is 39.3 Å². The largest absolute Gasteiger partial charge is 0.475 e. The highest BCUT2D eigenvalue weighted by molar-refractivity contribution is 6.90. The molecule has 1 aromatic heterocycles. The van der Waals surface area contributed by atoms with Crippen molar-refractivity contribution < 1.29 is 13.7 Å². The van der Waals surface area contributed by atoms with Crippen LogP contribution in [0.1, 0.15) is 44.7 Å². The van der Waals surface area contributed by atoms with E-state index in [2.05, 4.69) is 89.4 Å². The first-order chi connectivity index (χ1) is 15.6. The SMILES string of the molecule is Cc1cccc2c(CC(B3O[C@@H]4C[C@@H]5C[C@@H](C5(C)C)[C@]4(C)O3)N([Si](C)(C)C)[Si](C)(C)C)coc12. The zero-order valence-corrected chi connectivity index (χ0v) is 25.0. The summed E-state index contributed by atoms with van der Waals surface area (Å²) in [6, 6.07) is 6.49. The van der Waals surface area contributed by atoms with Gasteiger partial charge in [-0.2, -0.15) is 0 Å². The van der Waals surface area contributed by atoms with E-state index in [1.54, 1.807) is 0 Å². The van der Waals surface area contributed by atoms with Gasteiger partial charge in [0.15, 0.2) is 0 Å². The van der Waals surface area contributed by atoms with Crippen LogP contribution >= 0.6 is 0 Å². The number of hydrogen-bond donors (Lipinski definition) is 0. The number of furan rings is 1. The molecule has 1 unspecified atom stereocenters. The van der Waals surface area contributed by atoms with Crippen LogP contribution in [-0.2, 0) is 15.7 Å². The lowest BCUT2D eigenvalue weighted by Crippen LogP contribution is -2.68. The molecule has 0 radical (unpaired) electrons. The number of para-hydroxylation sites is 1. The molecule has 1 saturated heterocycles.